The van der Waals surface area contributed by atoms with Crippen molar-refractivity contribution in [3.05, 3.63) is 60.2 Å². The third kappa shape index (κ3) is 3.84. The SMILES string of the molecule is CCC(Cc1ccccc1)=NNC(=O)Cn1nnc2ccccc21. The molecule has 0 aliphatic heterocycles. The van der Waals surface area contributed by atoms with Gasteiger partial charge in [-0.2, -0.15) is 5.10 Å². The van der Waals surface area contributed by atoms with Gasteiger partial charge in [0, 0.05) is 12.1 Å². The summed E-state index contributed by atoms with van der Waals surface area (Å²) in [5.74, 6) is -0.218. The van der Waals surface area contributed by atoms with Crippen LogP contribution in [-0.4, -0.2) is 26.6 Å². The van der Waals surface area contributed by atoms with Crippen LogP contribution in [0.3, 0.4) is 0 Å². The van der Waals surface area contributed by atoms with Crippen molar-refractivity contribution in [2.75, 3.05) is 0 Å². The molecule has 0 aliphatic rings. The van der Waals surface area contributed by atoms with E-state index in [0.29, 0.717) is 0 Å². The number of fused-ring (bicyclic) bond motifs is 1. The predicted octanol–water partition coefficient (Wildman–Crippen LogP) is 2.56. The second kappa shape index (κ2) is 7.50. The van der Waals surface area contributed by atoms with Crippen molar-refractivity contribution in [3.63, 3.8) is 0 Å². The Bertz CT molecular complexity index is 854. The molecule has 1 amide bonds. The Labute approximate surface area is 140 Å². The molecule has 0 unspecified atom stereocenters. The Morgan fingerprint density at radius 2 is 1.88 bits per heavy atom. The summed E-state index contributed by atoms with van der Waals surface area (Å²) in [5, 5.41) is 12.3. The summed E-state index contributed by atoms with van der Waals surface area (Å²) in [6.07, 6.45) is 1.51. The number of amides is 1. The van der Waals surface area contributed by atoms with E-state index in [1.807, 2.05) is 49.4 Å². The number of benzene rings is 2. The van der Waals surface area contributed by atoms with Crippen molar-refractivity contribution in [2.45, 2.75) is 26.3 Å². The zero-order valence-electron chi connectivity index (χ0n) is 13.5. The summed E-state index contributed by atoms with van der Waals surface area (Å²) in [7, 11) is 0. The molecule has 6 nitrogen and oxygen atoms in total. The Morgan fingerprint density at radius 1 is 1.12 bits per heavy atom. The van der Waals surface area contributed by atoms with E-state index in [-0.39, 0.29) is 12.5 Å². The standard InChI is InChI=1S/C18H19N5O/c1-2-15(12-14-8-4-3-5-9-14)19-21-18(24)13-23-17-11-7-6-10-16(17)20-22-23/h3-11H,2,12-13H2,1H3,(H,21,24). The number of aromatic nitrogens is 3. The fourth-order valence-corrected chi connectivity index (χ4v) is 2.42. The van der Waals surface area contributed by atoms with Gasteiger partial charge < -0.3 is 0 Å². The van der Waals surface area contributed by atoms with E-state index in [1.54, 1.807) is 4.68 Å². The predicted molar refractivity (Wildman–Crippen MR) is 93.5 cm³/mol. The Kier molecular flexibility index (Phi) is 4.96. The number of para-hydroxylation sites is 1. The van der Waals surface area contributed by atoms with Crippen molar-refractivity contribution in [3.8, 4) is 0 Å². The Hall–Kier alpha value is -3.02. The molecule has 0 bridgehead atoms. The molecule has 0 atom stereocenters. The highest BCUT2D eigenvalue weighted by Gasteiger charge is 2.08. The van der Waals surface area contributed by atoms with E-state index < -0.39 is 0 Å². The number of nitrogens with one attached hydrogen (secondary N) is 1. The van der Waals surface area contributed by atoms with E-state index >= 15 is 0 Å². The number of nitrogens with zero attached hydrogens (tertiary/aromatic N) is 4. The van der Waals surface area contributed by atoms with Gasteiger partial charge in [-0.15, -0.1) is 5.10 Å². The molecule has 1 heterocycles. The fourth-order valence-electron chi connectivity index (χ4n) is 2.42. The van der Waals surface area contributed by atoms with Crippen LogP contribution < -0.4 is 5.43 Å². The van der Waals surface area contributed by atoms with Gasteiger partial charge in [0.2, 0.25) is 0 Å². The molecule has 3 rings (SSSR count). The van der Waals surface area contributed by atoms with E-state index in [2.05, 4.69) is 33.0 Å². The third-order valence-corrected chi connectivity index (χ3v) is 3.71. The van der Waals surface area contributed by atoms with Crippen LogP contribution in [0.1, 0.15) is 18.9 Å². The number of hydrogen-bond donors (Lipinski definition) is 1. The minimum absolute atomic E-state index is 0.0896. The van der Waals surface area contributed by atoms with Gasteiger partial charge in [0.05, 0.1) is 5.52 Å². The van der Waals surface area contributed by atoms with Gasteiger partial charge in [-0.25, -0.2) is 10.1 Å². The molecule has 6 heteroatoms. The molecule has 0 saturated heterocycles. The second-order valence-corrected chi connectivity index (χ2v) is 5.46. The summed E-state index contributed by atoms with van der Waals surface area (Å²) >= 11 is 0. The maximum absolute atomic E-state index is 12.1. The van der Waals surface area contributed by atoms with Crippen LogP contribution in [0.15, 0.2) is 59.7 Å². The zero-order valence-corrected chi connectivity index (χ0v) is 13.5. The van der Waals surface area contributed by atoms with Crippen molar-refractivity contribution < 1.29 is 4.79 Å². The van der Waals surface area contributed by atoms with Crippen LogP contribution in [0.4, 0.5) is 0 Å². The molecule has 1 N–H and O–H groups in total. The number of hydrazone groups is 1. The second-order valence-electron chi connectivity index (χ2n) is 5.46. The Balaban J connectivity index is 1.63. The highest BCUT2D eigenvalue weighted by Crippen LogP contribution is 2.09. The lowest BCUT2D eigenvalue weighted by Crippen LogP contribution is -2.25. The molecular formula is C18H19N5O. The molecule has 0 radical (unpaired) electrons. The van der Waals surface area contributed by atoms with E-state index in [1.165, 1.54) is 5.56 Å². The van der Waals surface area contributed by atoms with Crippen molar-refractivity contribution in [2.24, 2.45) is 5.10 Å². The number of rotatable bonds is 6. The smallest absolute Gasteiger partial charge is 0.261 e. The molecule has 2 aromatic carbocycles. The molecule has 24 heavy (non-hydrogen) atoms. The molecule has 0 saturated carbocycles. The summed E-state index contributed by atoms with van der Waals surface area (Å²) in [5.41, 5.74) is 6.32. The molecule has 0 spiro atoms. The van der Waals surface area contributed by atoms with E-state index in [0.717, 1.165) is 29.6 Å². The average Bonchev–Trinajstić information content (AvgIpc) is 3.02. The van der Waals surface area contributed by atoms with Gasteiger partial charge >= 0.3 is 0 Å². The summed E-state index contributed by atoms with van der Waals surface area (Å²) in [6, 6.07) is 17.6. The molecule has 3 aromatic rings. The quantitative estimate of drug-likeness (QED) is 0.560. The van der Waals surface area contributed by atoms with Crippen LogP contribution in [0.25, 0.3) is 11.0 Å². The highest BCUT2D eigenvalue weighted by molar-refractivity contribution is 5.88. The molecule has 122 valence electrons. The first-order chi connectivity index (χ1) is 11.8. The maximum atomic E-state index is 12.1. The van der Waals surface area contributed by atoms with Gasteiger partial charge in [-0.05, 0) is 24.1 Å². The Morgan fingerprint density at radius 3 is 2.67 bits per heavy atom. The van der Waals surface area contributed by atoms with Crippen molar-refractivity contribution in [1.29, 1.82) is 0 Å². The van der Waals surface area contributed by atoms with Crippen LogP contribution in [-0.2, 0) is 17.8 Å². The number of hydrogen-bond acceptors (Lipinski definition) is 4. The summed E-state index contributed by atoms with van der Waals surface area (Å²) < 4.78 is 1.57. The first-order valence-corrected chi connectivity index (χ1v) is 7.92. The number of carbonyl (C=O) groups is 1. The molecule has 0 fully saturated rings. The van der Waals surface area contributed by atoms with Crippen LogP contribution in [0, 0.1) is 0 Å². The van der Waals surface area contributed by atoms with Crippen LogP contribution in [0.5, 0.6) is 0 Å². The van der Waals surface area contributed by atoms with E-state index in [9.17, 15) is 4.79 Å². The highest BCUT2D eigenvalue weighted by atomic mass is 16.2. The maximum Gasteiger partial charge on any atom is 0.261 e. The monoisotopic (exact) mass is 321 g/mol. The van der Waals surface area contributed by atoms with Crippen LogP contribution >= 0.6 is 0 Å². The summed E-state index contributed by atoms with van der Waals surface area (Å²) in [4.78, 5) is 12.1. The largest absolute Gasteiger partial charge is 0.271 e. The van der Waals surface area contributed by atoms with Gasteiger partial charge in [0.1, 0.15) is 12.1 Å². The normalized spacial score (nSPS) is 11.6. The minimum atomic E-state index is -0.218. The number of carbonyl (C=O) groups excluding carboxylic acids is 1. The fraction of sp³-hybridized carbons (Fsp3) is 0.222. The van der Waals surface area contributed by atoms with Gasteiger partial charge in [0.15, 0.2) is 0 Å². The molecule has 1 aromatic heterocycles. The molecular weight excluding hydrogens is 302 g/mol. The van der Waals surface area contributed by atoms with Gasteiger partial charge in [-0.3, -0.25) is 4.79 Å². The first kappa shape index (κ1) is 15.9. The average molecular weight is 321 g/mol. The van der Waals surface area contributed by atoms with Crippen LogP contribution in [0.2, 0.25) is 0 Å². The minimum Gasteiger partial charge on any atom is -0.271 e. The third-order valence-electron chi connectivity index (χ3n) is 3.71. The van der Waals surface area contributed by atoms with Gasteiger partial charge in [-0.1, -0.05) is 54.6 Å². The lowest BCUT2D eigenvalue weighted by Gasteiger charge is -2.06. The lowest BCUT2D eigenvalue weighted by atomic mass is 10.1. The first-order valence-electron chi connectivity index (χ1n) is 7.92. The van der Waals surface area contributed by atoms with E-state index in [4.69, 9.17) is 0 Å². The topological polar surface area (TPSA) is 72.2 Å². The molecule has 0 aliphatic carbocycles. The lowest BCUT2D eigenvalue weighted by molar-refractivity contribution is -0.121. The van der Waals surface area contributed by atoms with Crippen molar-refractivity contribution in [1.82, 2.24) is 20.4 Å². The van der Waals surface area contributed by atoms with Crippen molar-refractivity contribution >= 4 is 22.7 Å². The zero-order chi connectivity index (χ0) is 16.8. The van der Waals surface area contributed by atoms with Gasteiger partial charge in [0.25, 0.3) is 5.91 Å². The summed E-state index contributed by atoms with van der Waals surface area (Å²) in [6.45, 7) is 2.12.